The first-order chi connectivity index (χ1) is 13.7. The Balaban J connectivity index is 1.52. The minimum absolute atomic E-state index is 0.0532. The number of hydroxylamine groups is 2. The minimum Gasteiger partial charge on any atom is -0.350 e. The van der Waals surface area contributed by atoms with Crippen LogP contribution in [0.3, 0.4) is 0 Å². The molecule has 2 heterocycles. The molecule has 4 rings (SSSR count). The van der Waals surface area contributed by atoms with Crippen LogP contribution >= 0.6 is 0 Å². The van der Waals surface area contributed by atoms with Gasteiger partial charge in [-0.05, 0) is 11.6 Å². The van der Waals surface area contributed by atoms with E-state index in [0.717, 1.165) is 16.8 Å². The average Bonchev–Trinajstić information content (AvgIpc) is 3.02. The van der Waals surface area contributed by atoms with Crippen LogP contribution in [0.4, 0.5) is 10.5 Å². The molecule has 1 unspecified atom stereocenters. The predicted octanol–water partition coefficient (Wildman–Crippen LogP) is 2.63. The van der Waals surface area contributed by atoms with E-state index in [1.165, 1.54) is 5.06 Å². The number of amides is 3. The summed E-state index contributed by atoms with van der Waals surface area (Å²) >= 11 is 0. The number of fused-ring (bicyclic) bond motifs is 4. The number of benzene rings is 2. The predicted molar refractivity (Wildman–Crippen MR) is 105 cm³/mol. The Kier molecular flexibility index (Phi) is 4.99. The maximum atomic E-state index is 12.9. The summed E-state index contributed by atoms with van der Waals surface area (Å²) in [6, 6.07) is 17.0. The fourth-order valence-electron chi connectivity index (χ4n) is 3.56. The van der Waals surface area contributed by atoms with Gasteiger partial charge in [-0.15, -0.1) is 6.58 Å². The first kappa shape index (κ1) is 18.1. The van der Waals surface area contributed by atoms with Gasteiger partial charge in [0.15, 0.2) is 0 Å². The van der Waals surface area contributed by atoms with Crippen molar-refractivity contribution in [1.82, 2.24) is 15.4 Å². The number of hydrogen-bond acceptors (Lipinski definition) is 4. The van der Waals surface area contributed by atoms with Gasteiger partial charge in [-0.3, -0.25) is 14.6 Å². The molecule has 0 spiro atoms. The summed E-state index contributed by atoms with van der Waals surface area (Å²) in [6.07, 6.45) is 1.60. The minimum atomic E-state index is -0.279. The number of para-hydroxylation sites is 1. The maximum absolute atomic E-state index is 12.9. The number of nitrogens with zero attached hydrogens (tertiary/aromatic N) is 3. The summed E-state index contributed by atoms with van der Waals surface area (Å²) < 4.78 is 0. The van der Waals surface area contributed by atoms with E-state index < -0.39 is 0 Å². The van der Waals surface area contributed by atoms with Crippen molar-refractivity contribution in [3.63, 3.8) is 0 Å². The molecule has 2 aliphatic heterocycles. The highest BCUT2D eigenvalue weighted by atomic mass is 16.7. The van der Waals surface area contributed by atoms with Crippen molar-refractivity contribution in [2.75, 3.05) is 24.7 Å². The number of carbonyl (C=O) groups excluding carboxylic acids is 2. The van der Waals surface area contributed by atoms with Crippen molar-refractivity contribution < 1.29 is 14.4 Å². The molecule has 1 atom stereocenters. The van der Waals surface area contributed by atoms with Crippen LogP contribution in [-0.4, -0.2) is 41.7 Å². The van der Waals surface area contributed by atoms with E-state index >= 15 is 0 Å². The van der Waals surface area contributed by atoms with Crippen molar-refractivity contribution in [2.24, 2.45) is 0 Å². The van der Waals surface area contributed by atoms with Crippen LogP contribution in [0.2, 0.25) is 0 Å². The first-order valence-electron chi connectivity index (χ1n) is 9.20. The molecule has 1 N–H and O–H groups in total. The van der Waals surface area contributed by atoms with E-state index in [0.29, 0.717) is 13.1 Å². The molecule has 0 aromatic heterocycles. The molecule has 1 fully saturated rings. The van der Waals surface area contributed by atoms with Gasteiger partial charge in [-0.25, -0.2) is 9.80 Å². The Morgan fingerprint density at radius 1 is 1.18 bits per heavy atom. The molecule has 1 saturated heterocycles. The molecule has 2 aromatic carbocycles. The molecular weight excluding hydrogens is 356 g/mol. The Bertz CT molecular complexity index is 886. The van der Waals surface area contributed by atoms with Gasteiger partial charge < -0.3 is 5.32 Å². The van der Waals surface area contributed by atoms with Crippen molar-refractivity contribution in [3.05, 3.63) is 78.4 Å². The van der Waals surface area contributed by atoms with E-state index in [1.807, 2.05) is 54.6 Å². The maximum Gasteiger partial charge on any atom is 0.363 e. The number of hydrogen-bond donors (Lipinski definition) is 1. The van der Waals surface area contributed by atoms with Gasteiger partial charge >= 0.3 is 6.03 Å². The highest BCUT2D eigenvalue weighted by molar-refractivity contribution is 5.87. The lowest BCUT2D eigenvalue weighted by Crippen LogP contribution is -2.50. The SMILES string of the molecule is C=CCON1C(=O)N2CC1c1ccccc1N2CC(=O)NCc1ccccc1. The molecule has 7 nitrogen and oxygen atoms in total. The number of anilines is 1. The van der Waals surface area contributed by atoms with Crippen LogP contribution in [0.5, 0.6) is 0 Å². The average molecular weight is 378 g/mol. The molecule has 144 valence electrons. The van der Waals surface area contributed by atoms with E-state index in [2.05, 4.69) is 11.9 Å². The van der Waals surface area contributed by atoms with Crippen LogP contribution < -0.4 is 10.3 Å². The monoisotopic (exact) mass is 378 g/mol. The molecule has 0 aliphatic carbocycles. The van der Waals surface area contributed by atoms with Crippen LogP contribution in [-0.2, 0) is 16.2 Å². The van der Waals surface area contributed by atoms with Crippen molar-refractivity contribution in [2.45, 2.75) is 12.6 Å². The van der Waals surface area contributed by atoms with Crippen LogP contribution in [0, 0.1) is 0 Å². The van der Waals surface area contributed by atoms with E-state index in [9.17, 15) is 9.59 Å². The third-order valence-electron chi connectivity index (χ3n) is 4.86. The number of urea groups is 1. The molecule has 0 radical (unpaired) electrons. The second-order valence-corrected chi connectivity index (χ2v) is 6.67. The van der Waals surface area contributed by atoms with Crippen molar-refractivity contribution >= 4 is 17.6 Å². The Labute approximate surface area is 163 Å². The van der Waals surface area contributed by atoms with Crippen molar-refractivity contribution in [1.29, 1.82) is 0 Å². The van der Waals surface area contributed by atoms with Gasteiger partial charge in [0.25, 0.3) is 0 Å². The third-order valence-corrected chi connectivity index (χ3v) is 4.86. The summed E-state index contributed by atoms with van der Waals surface area (Å²) in [5.74, 6) is -0.157. The smallest absolute Gasteiger partial charge is 0.350 e. The van der Waals surface area contributed by atoms with Crippen LogP contribution in [0.25, 0.3) is 0 Å². The third kappa shape index (κ3) is 3.32. The molecule has 28 heavy (non-hydrogen) atoms. The van der Waals surface area contributed by atoms with Crippen LogP contribution in [0.15, 0.2) is 67.3 Å². The molecule has 7 heteroatoms. The fourth-order valence-corrected chi connectivity index (χ4v) is 3.56. The quantitative estimate of drug-likeness (QED) is 0.753. The molecule has 2 bridgehead atoms. The van der Waals surface area contributed by atoms with Crippen LogP contribution in [0.1, 0.15) is 17.2 Å². The number of hydrazine groups is 1. The van der Waals surface area contributed by atoms with Gasteiger partial charge in [0.2, 0.25) is 5.91 Å². The zero-order valence-electron chi connectivity index (χ0n) is 15.5. The zero-order chi connectivity index (χ0) is 19.5. The lowest BCUT2D eigenvalue weighted by atomic mass is 10.0. The van der Waals surface area contributed by atoms with Gasteiger partial charge in [-0.1, -0.05) is 54.6 Å². The first-order valence-corrected chi connectivity index (χ1v) is 9.20. The second-order valence-electron chi connectivity index (χ2n) is 6.67. The summed E-state index contributed by atoms with van der Waals surface area (Å²) in [6.45, 7) is 4.82. The van der Waals surface area contributed by atoms with E-state index in [1.54, 1.807) is 16.1 Å². The highest BCUT2D eigenvalue weighted by Crippen LogP contribution is 2.42. The molecule has 2 aromatic rings. The molecule has 3 amide bonds. The lowest BCUT2D eigenvalue weighted by Gasteiger charge is -2.36. The Morgan fingerprint density at radius 3 is 2.71 bits per heavy atom. The number of nitrogens with one attached hydrogen (secondary N) is 1. The topological polar surface area (TPSA) is 65.1 Å². The number of carbonyl (C=O) groups is 2. The molecular formula is C21H22N4O3. The van der Waals surface area contributed by atoms with Gasteiger partial charge in [0.1, 0.15) is 12.6 Å². The van der Waals surface area contributed by atoms with Gasteiger partial charge in [0, 0.05) is 12.1 Å². The van der Waals surface area contributed by atoms with Gasteiger partial charge in [-0.2, -0.15) is 5.06 Å². The largest absolute Gasteiger partial charge is 0.363 e. The standard InChI is InChI=1S/C21H22N4O3/c1-2-12-28-25-19-14-24(21(25)27)23(18-11-7-6-10-17(18)19)15-20(26)22-13-16-8-4-3-5-9-16/h2-11,19H,1,12-15H2,(H,22,26). The van der Waals surface area contributed by atoms with Crippen molar-refractivity contribution in [3.8, 4) is 0 Å². The highest BCUT2D eigenvalue weighted by Gasteiger charge is 2.48. The zero-order valence-corrected chi connectivity index (χ0v) is 15.5. The normalized spacial score (nSPS) is 17.5. The lowest BCUT2D eigenvalue weighted by molar-refractivity contribution is -0.120. The van der Waals surface area contributed by atoms with E-state index in [4.69, 9.17) is 4.84 Å². The Hall–Kier alpha value is -3.32. The summed E-state index contributed by atoms with van der Waals surface area (Å²) in [5.41, 5.74) is 2.83. The number of rotatable bonds is 7. The van der Waals surface area contributed by atoms with E-state index in [-0.39, 0.29) is 31.1 Å². The molecule has 2 aliphatic rings. The summed E-state index contributed by atoms with van der Waals surface area (Å²) in [7, 11) is 0. The Morgan fingerprint density at radius 2 is 1.93 bits per heavy atom. The molecule has 0 saturated carbocycles. The van der Waals surface area contributed by atoms with Gasteiger partial charge in [0.05, 0.1) is 18.8 Å². The summed E-state index contributed by atoms with van der Waals surface area (Å²) in [4.78, 5) is 31.0. The second kappa shape index (κ2) is 7.74. The fraction of sp³-hybridized carbons (Fsp3) is 0.238. The summed E-state index contributed by atoms with van der Waals surface area (Å²) in [5, 5.41) is 7.59.